The highest BCUT2D eigenvalue weighted by atomic mass is 16.3. The zero-order valence-electron chi connectivity index (χ0n) is 10.6. The fourth-order valence-corrected chi connectivity index (χ4v) is 1.70. The van der Waals surface area contributed by atoms with Crippen molar-refractivity contribution in [1.29, 1.82) is 0 Å². The first kappa shape index (κ1) is 13.2. The monoisotopic (exact) mass is 226 g/mol. The molecule has 1 aromatic rings. The Bertz CT molecular complexity index is 322. The highest BCUT2D eigenvalue weighted by Gasteiger charge is 2.14. The second-order valence-corrected chi connectivity index (χ2v) is 4.34. The summed E-state index contributed by atoms with van der Waals surface area (Å²) in [6.45, 7) is 3.87. The molecule has 0 amide bonds. The van der Waals surface area contributed by atoms with Crippen LogP contribution in [0.25, 0.3) is 0 Å². The number of hydrogen-bond acceptors (Lipinski definition) is 4. The minimum absolute atomic E-state index is 0.0198. The summed E-state index contributed by atoms with van der Waals surface area (Å²) in [7, 11) is 5.96. The van der Waals surface area contributed by atoms with E-state index in [0.29, 0.717) is 0 Å². The number of aryl methyl sites for hydroxylation is 2. The first-order chi connectivity index (χ1) is 7.54. The zero-order valence-corrected chi connectivity index (χ0v) is 10.6. The van der Waals surface area contributed by atoms with Crippen LogP contribution in [0.4, 0.5) is 0 Å². The average molecular weight is 226 g/mol. The van der Waals surface area contributed by atoms with Crippen LogP contribution in [0.1, 0.15) is 17.3 Å². The van der Waals surface area contributed by atoms with Crippen molar-refractivity contribution in [2.45, 2.75) is 13.0 Å². The van der Waals surface area contributed by atoms with Crippen molar-refractivity contribution < 1.29 is 5.11 Å². The fourth-order valence-electron chi connectivity index (χ4n) is 1.70. The number of aromatic nitrogens is 2. The molecule has 5 heteroatoms. The van der Waals surface area contributed by atoms with Crippen molar-refractivity contribution in [3.05, 3.63) is 17.5 Å². The van der Waals surface area contributed by atoms with E-state index in [1.54, 1.807) is 4.68 Å². The maximum absolute atomic E-state index is 9.37. The molecule has 0 saturated heterocycles. The maximum atomic E-state index is 9.37. The molecule has 0 spiro atoms. The van der Waals surface area contributed by atoms with Crippen LogP contribution in [-0.2, 0) is 7.05 Å². The molecule has 92 valence electrons. The molecule has 1 unspecified atom stereocenters. The van der Waals surface area contributed by atoms with Crippen LogP contribution in [0.2, 0.25) is 0 Å². The van der Waals surface area contributed by atoms with Gasteiger partial charge in [-0.2, -0.15) is 5.10 Å². The second-order valence-electron chi connectivity index (χ2n) is 4.34. The Morgan fingerprint density at radius 2 is 2.25 bits per heavy atom. The van der Waals surface area contributed by atoms with Crippen molar-refractivity contribution in [2.24, 2.45) is 7.05 Å². The topological polar surface area (TPSA) is 53.3 Å². The summed E-state index contributed by atoms with van der Waals surface area (Å²) in [5.41, 5.74) is 2.04. The Labute approximate surface area is 97.1 Å². The SMILES string of the molecule is Cc1nn(C)cc1C(CO)NCCN(C)C. The van der Waals surface area contributed by atoms with Crippen LogP contribution in [0.5, 0.6) is 0 Å². The van der Waals surface area contributed by atoms with Crippen molar-refractivity contribution in [3.63, 3.8) is 0 Å². The molecule has 0 aromatic carbocycles. The summed E-state index contributed by atoms with van der Waals surface area (Å²) in [4.78, 5) is 2.11. The van der Waals surface area contributed by atoms with Gasteiger partial charge in [-0.25, -0.2) is 0 Å². The van der Waals surface area contributed by atoms with E-state index in [2.05, 4.69) is 15.3 Å². The molecule has 0 aliphatic heterocycles. The molecule has 0 fully saturated rings. The Morgan fingerprint density at radius 3 is 2.69 bits per heavy atom. The number of rotatable bonds is 6. The first-order valence-corrected chi connectivity index (χ1v) is 5.53. The quantitative estimate of drug-likeness (QED) is 0.712. The minimum Gasteiger partial charge on any atom is -0.394 e. The van der Waals surface area contributed by atoms with Crippen LogP contribution < -0.4 is 5.32 Å². The molecule has 0 saturated carbocycles. The van der Waals surface area contributed by atoms with E-state index in [1.165, 1.54) is 0 Å². The van der Waals surface area contributed by atoms with Gasteiger partial charge in [0.15, 0.2) is 0 Å². The van der Waals surface area contributed by atoms with Gasteiger partial charge in [0.2, 0.25) is 0 Å². The van der Waals surface area contributed by atoms with Gasteiger partial charge in [-0.15, -0.1) is 0 Å². The van der Waals surface area contributed by atoms with Gasteiger partial charge in [-0.3, -0.25) is 4.68 Å². The van der Waals surface area contributed by atoms with Crippen molar-refractivity contribution in [2.75, 3.05) is 33.8 Å². The zero-order chi connectivity index (χ0) is 12.1. The Hall–Kier alpha value is -0.910. The molecule has 5 nitrogen and oxygen atoms in total. The van der Waals surface area contributed by atoms with Crippen LogP contribution in [0.15, 0.2) is 6.20 Å². The van der Waals surface area contributed by atoms with Gasteiger partial charge < -0.3 is 15.3 Å². The standard InChI is InChI=1S/C11H22N4O/c1-9-10(7-15(4)13-9)11(8-16)12-5-6-14(2)3/h7,11-12,16H,5-6,8H2,1-4H3. The van der Waals surface area contributed by atoms with E-state index in [0.717, 1.165) is 24.3 Å². The minimum atomic E-state index is -0.0198. The normalized spacial score (nSPS) is 13.4. The Morgan fingerprint density at radius 1 is 1.56 bits per heavy atom. The molecule has 0 radical (unpaired) electrons. The van der Waals surface area contributed by atoms with Crippen molar-refractivity contribution in [3.8, 4) is 0 Å². The highest BCUT2D eigenvalue weighted by molar-refractivity contribution is 5.20. The van der Waals surface area contributed by atoms with Crippen LogP contribution in [-0.4, -0.2) is 53.6 Å². The highest BCUT2D eigenvalue weighted by Crippen LogP contribution is 2.15. The number of nitrogens with one attached hydrogen (secondary N) is 1. The number of aliphatic hydroxyl groups excluding tert-OH is 1. The van der Waals surface area contributed by atoms with E-state index in [4.69, 9.17) is 0 Å². The largest absolute Gasteiger partial charge is 0.394 e. The maximum Gasteiger partial charge on any atom is 0.0642 e. The van der Waals surface area contributed by atoms with E-state index in [9.17, 15) is 5.11 Å². The lowest BCUT2D eigenvalue weighted by Crippen LogP contribution is -2.31. The van der Waals surface area contributed by atoms with Gasteiger partial charge in [0.05, 0.1) is 18.3 Å². The molecule has 16 heavy (non-hydrogen) atoms. The summed E-state index contributed by atoms with van der Waals surface area (Å²) < 4.78 is 1.78. The molecule has 1 atom stereocenters. The average Bonchev–Trinajstić information content (AvgIpc) is 2.52. The Balaban J connectivity index is 2.57. The van der Waals surface area contributed by atoms with Crippen LogP contribution in [0, 0.1) is 6.92 Å². The lowest BCUT2D eigenvalue weighted by atomic mass is 10.1. The number of nitrogens with zero attached hydrogens (tertiary/aromatic N) is 3. The number of hydrogen-bond donors (Lipinski definition) is 2. The van der Waals surface area contributed by atoms with Crippen LogP contribution >= 0.6 is 0 Å². The van der Waals surface area contributed by atoms with E-state index in [1.807, 2.05) is 34.3 Å². The van der Waals surface area contributed by atoms with E-state index < -0.39 is 0 Å². The van der Waals surface area contributed by atoms with Crippen molar-refractivity contribution in [1.82, 2.24) is 20.0 Å². The third kappa shape index (κ3) is 3.59. The summed E-state index contributed by atoms with van der Waals surface area (Å²) in [6.07, 6.45) is 1.96. The van der Waals surface area contributed by atoms with Gasteiger partial charge in [-0.05, 0) is 21.0 Å². The molecule has 1 rings (SSSR count). The molecular weight excluding hydrogens is 204 g/mol. The summed E-state index contributed by atoms with van der Waals surface area (Å²) in [5.74, 6) is 0. The molecule has 2 N–H and O–H groups in total. The third-order valence-corrected chi connectivity index (χ3v) is 2.56. The lowest BCUT2D eigenvalue weighted by molar-refractivity contribution is 0.240. The molecule has 1 heterocycles. The van der Waals surface area contributed by atoms with Gasteiger partial charge in [-0.1, -0.05) is 0 Å². The summed E-state index contributed by atoms with van der Waals surface area (Å²) in [5, 5.41) is 17.0. The smallest absolute Gasteiger partial charge is 0.0642 e. The predicted octanol–water partition coefficient (Wildman–Crippen LogP) is -0.0869. The fraction of sp³-hybridized carbons (Fsp3) is 0.727. The van der Waals surface area contributed by atoms with Crippen LogP contribution in [0.3, 0.4) is 0 Å². The number of likely N-dealkylation sites (N-methyl/N-ethyl adjacent to an activating group) is 1. The molecule has 0 aliphatic rings. The van der Waals surface area contributed by atoms with Crippen molar-refractivity contribution >= 4 is 0 Å². The van der Waals surface area contributed by atoms with Gasteiger partial charge in [0.25, 0.3) is 0 Å². The molecule has 1 aromatic heterocycles. The van der Waals surface area contributed by atoms with E-state index in [-0.39, 0.29) is 12.6 Å². The third-order valence-electron chi connectivity index (χ3n) is 2.56. The first-order valence-electron chi connectivity index (χ1n) is 5.53. The molecule has 0 bridgehead atoms. The molecule has 0 aliphatic carbocycles. The summed E-state index contributed by atoms with van der Waals surface area (Å²) >= 11 is 0. The van der Waals surface area contributed by atoms with Gasteiger partial charge in [0, 0.05) is 31.9 Å². The number of aliphatic hydroxyl groups is 1. The van der Waals surface area contributed by atoms with E-state index >= 15 is 0 Å². The summed E-state index contributed by atoms with van der Waals surface area (Å²) in [6, 6.07) is -0.0198. The second kappa shape index (κ2) is 5.98. The Kier molecular flexibility index (Phi) is 4.92. The molecular formula is C11H22N4O. The van der Waals surface area contributed by atoms with Gasteiger partial charge >= 0.3 is 0 Å². The predicted molar refractivity (Wildman–Crippen MR) is 64.3 cm³/mol. The van der Waals surface area contributed by atoms with Gasteiger partial charge in [0.1, 0.15) is 0 Å². The lowest BCUT2D eigenvalue weighted by Gasteiger charge is -2.17.